The SMILES string of the molecule is CN=C(NCCC(c1ccccc1)c1ccccc1)NCc1ccnc(-n2cccn2)c1.I. The quantitative estimate of drug-likeness (QED) is 0.188. The Morgan fingerprint density at radius 3 is 2.21 bits per heavy atom. The summed E-state index contributed by atoms with van der Waals surface area (Å²) in [6, 6.07) is 27.2. The standard InChI is InChI=1S/C26H28N6.HI/c1-27-26(30-20-21-13-16-28-25(19-21)32-18-8-15-31-32)29-17-14-24(22-9-4-2-5-10-22)23-11-6-3-7-12-23;/h2-13,15-16,18-19,24H,14,17,20H2,1H3,(H2,27,29,30);1H. The van der Waals surface area contributed by atoms with Crippen molar-refractivity contribution < 1.29 is 0 Å². The topological polar surface area (TPSA) is 67.1 Å². The maximum Gasteiger partial charge on any atom is 0.191 e. The predicted molar refractivity (Wildman–Crippen MR) is 144 cm³/mol. The van der Waals surface area contributed by atoms with Gasteiger partial charge in [-0.1, -0.05) is 60.7 Å². The molecule has 6 nitrogen and oxygen atoms in total. The summed E-state index contributed by atoms with van der Waals surface area (Å²) in [5, 5.41) is 11.1. The monoisotopic (exact) mass is 552 g/mol. The Kier molecular flexibility index (Phi) is 9.44. The molecule has 4 rings (SSSR count). The fourth-order valence-electron chi connectivity index (χ4n) is 3.74. The number of hydrogen-bond donors (Lipinski definition) is 2. The summed E-state index contributed by atoms with van der Waals surface area (Å²) in [6.07, 6.45) is 6.40. The lowest BCUT2D eigenvalue weighted by atomic mass is 9.88. The van der Waals surface area contributed by atoms with E-state index >= 15 is 0 Å². The molecule has 2 aromatic heterocycles. The number of aromatic nitrogens is 3. The molecular weight excluding hydrogens is 523 g/mol. The second-order valence-corrected chi connectivity index (χ2v) is 7.49. The summed E-state index contributed by atoms with van der Waals surface area (Å²) >= 11 is 0. The van der Waals surface area contributed by atoms with Gasteiger partial charge in [0.05, 0.1) is 0 Å². The maximum absolute atomic E-state index is 4.38. The average Bonchev–Trinajstić information content (AvgIpc) is 3.40. The van der Waals surface area contributed by atoms with Crippen molar-refractivity contribution in [1.29, 1.82) is 0 Å². The Labute approximate surface area is 212 Å². The predicted octanol–water partition coefficient (Wildman–Crippen LogP) is 4.77. The first-order valence-corrected chi connectivity index (χ1v) is 10.8. The molecule has 2 aromatic carbocycles. The first-order valence-electron chi connectivity index (χ1n) is 10.8. The molecule has 0 aliphatic heterocycles. The lowest BCUT2D eigenvalue weighted by Crippen LogP contribution is -2.37. The summed E-state index contributed by atoms with van der Waals surface area (Å²) in [4.78, 5) is 8.76. The molecule has 0 atom stereocenters. The van der Waals surface area contributed by atoms with Crippen LogP contribution in [0.15, 0.2) is 102 Å². The minimum atomic E-state index is 0. The second kappa shape index (κ2) is 12.7. The molecule has 0 aliphatic rings. The number of benzene rings is 2. The van der Waals surface area contributed by atoms with Gasteiger partial charge in [-0.15, -0.1) is 24.0 Å². The Balaban J connectivity index is 0.00000306. The highest BCUT2D eigenvalue weighted by molar-refractivity contribution is 14.0. The normalized spacial score (nSPS) is 11.2. The zero-order valence-corrected chi connectivity index (χ0v) is 21.0. The summed E-state index contributed by atoms with van der Waals surface area (Å²) in [7, 11) is 1.79. The molecule has 0 aliphatic carbocycles. The molecule has 33 heavy (non-hydrogen) atoms. The fourth-order valence-corrected chi connectivity index (χ4v) is 3.74. The average molecular weight is 552 g/mol. The Morgan fingerprint density at radius 2 is 1.61 bits per heavy atom. The van der Waals surface area contributed by atoms with Gasteiger partial charge < -0.3 is 10.6 Å². The minimum Gasteiger partial charge on any atom is -0.356 e. The van der Waals surface area contributed by atoms with Crippen LogP contribution < -0.4 is 10.6 Å². The molecule has 0 unspecified atom stereocenters. The van der Waals surface area contributed by atoms with Crippen LogP contribution in [0.2, 0.25) is 0 Å². The molecule has 4 aromatic rings. The number of rotatable bonds is 8. The van der Waals surface area contributed by atoms with Gasteiger partial charge in [-0.05, 0) is 41.3 Å². The zero-order valence-electron chi connectivity index (χ0n) is 18.6. The summed E-state index contributed by atoms with van der Waals surface area (Å²) in [5.41, 5.74) is 3.76. The van der Waals surface area contributed by atoms with Crippen molar-refractivity contribution in [1.82, 2.24) is 25.4 Å². The molecule has 0 fully saturated rings. The highest BCUT2D eigenvalue weighted by Gasteiger charge is 2.13. The number of nitrogens with zero attached hydrogens (tertiary/aromatic N) is 4. The largest absolute Gasteiger partial charge is 0.356 e. The van der Waals surface area contributed by atoms with Crippen molar-refractivity contribution in [3.8, 4) is 5.82 Å². The summed E-state index contributed by atoms with van der Waals surface area (Å²) < 4.78 is 1.75. The van der Waals surface area contributed by atoms with Crippen LogP contribution in [0.25, 0.3) is 5.82 Å². The Bertz CT molecular complexity index is 1070. The molecule has 7 heteroatoms. The van der Waals surface area contributed by atoms with Crippen LogP contribution in [-0.4, -0.2) is 34.3 Å². The molecule has 2 N–H and O–H groups in total. The van der Waals surface area contributed by atoms with Gasteiger partial charge in [0.1, 0.15) is 0 Å². The Morgan fingerprint density at radius 1 is 0.909 bits per heavy atom. The van der Waals surface area contributed by atoms with Crippen molar-refractivity contribution in [2.24, 2.45) is 4.99 Å². The van der Waals surface area contributed by atoms with Gasteiger partial charge in [0.2, 0.25) is 0 Å². The van der Waals surface area contributed by atoms with E-state index in [1.807, 2.05) is 24.4 Å². The summed E-state index contributed by atoms with van der Waals surface area (Å²) in [5.74, 6) is 1.91. The molecule has 170 valence electrons. The molecule has 0 bridgehead atoms. The van der Waals surface area contributed by atoms with Crippen LogP contribution in [0.1, 0.15) is 29.0 Å². The van der Waals surface area contributed by atoms with Gasteiger partial charge in [0, 0.05) is 44.6 Å². The number of halogens is 1. The number of pyridine rings is 1. The van der Waals surface area contributed by atoms with Gasteiger partial charge >= 0.3 is 0 Å². The minimum absolute atomic E-state index is 0. The molecule has 0 amide bonds. The van der Waals surface area contributed by atoms with E-state index in [-0.39, 0.29) is 24.0 Å². The van der Waals surface area contributed by atoms with E-state index < -0.39 is 0 Å². The summed E-state index contributed by atoms with van der Waals surface area (Å²) in [6.45, 7) is 1.46. The molecule has 0 saturated heterocycles. The number of aliphatic imine (C=N–C) groups is 1. The van der Waals surface area contributed by atoms with Crippen LogP contribution in [0.4, 0.5) is 0 Å². The maximum atomic E-state index is 4.38. The van der Waals surface area contributed by atoms with Gasteiger partial charge in [-0.3, -0.25) is 4.99 Å². The van der Waals surface area contributed by atoms with E-state index in [4.69, 9.17) is 0 Å². The van der Waals surface area contributed by atoms with E-state index in [9.17, 15) is 0 Å². The van der Waals surface area contributed by atoms with E-state index in [1.165, 1.54) is 11.1 Å². The van der Waals surface area contributed by atoms with Crippen LogP contribution >= 0.6 is 24.0 Å². The van der Waals surface area contributed by atoms with Gasteiger partial charge in [0.15, 0.2) is 11.8 Å². The molecule has 0 radical (unpaired) electrons. The first-order chi connectivity index (χ1) is 15.8. The zero-order chi connectivity index (χ0) is 22.0. The van der Waals surface area contributed by atoms with Crippen LogP contribution in [0.5, 0.6) is 0 Å². The number of nitrogens with one attached hydrogen (secondary N) is 2. The van der Waals surface area contributed by atoms with E-state index in [0.29, 0.717) is 12.5 Å². The van der Waals surface area contributed by atoms with Gasteiger partial charge in [0.25, 0.3) is 0 Å². The number of hydrogen-bond acceptors (Lipinski definition) is 3. The van der Waals surface area contributed by atoms with Crippen LogP contribution in [0.3, 0.4) is 0 Å². The highest BCUT2D eigenvalue weighted by atomic mass is 127. The van der Waals surface area contributed by atoms with Crippen molar-refractivity contribution in [3.05, 3.63) is 114 Å². The third kappa shape index (κ3) is 6.89. The van der Waals surface area contributed by atoms with Gasteiger partial charge in [-0.2, -0.15) is 5.10 Å². The first kappa shape index (κ1) is 24.4. The van der Waals surface area contributed by atoms with Crippen molar-refractivity contribution >= 4 is 29.9 Å². The third-order valence-corrected chi connectivity index (χ3v) is 5.36. The smallest absolute Gasteiger partial charge is 0.191 e. The van der Waals surface area contributed by atoms with Crippen LogP contribution in [-0.2, 0) is 6.54 Å². The highest BCUT2D eigenvalue weighted by Crippen LogP contribution is 2.27. The van der Waals surface area contributed by atoms with E-state index in [2.05, 4.69) is 86.4 Å². The number of guanidine groups is 1. The fraction of sp³-hybridized carbons (Fsp3) is 0.192. The van der Waals surface area contributed by atoms with E-state index in [0.717, 1.165) is 30.3 Å². The van der Waals surface area contributed by atoms with Crippen molar-refractivity contribution in [2.75, 3.05) is 13.6 Å². The van der Waals surface area contributed by atoms with Crippen LogP contribution in [0, 0.1) is 0 Å². The molecule has 2 heterocycles. The van der Waals surface area contributed by atoms with Gasteiger partial charge in [-0.25, -0.2) is 9.67 Å². The van der Waals surface area contributed by atoms with E-state index in [1.54, 1.807) is 24.1 Å². The lowest BCUT2D eigenvalue weighted by molar-refractivity contribution is 0.678. The molecule has 0 saturated carbocycles. The second-order valence-electron chi connectivity index (χ2n) is 7.49. The molecular formula is C26H29IN6. The lowest BCUT2D eigenvalue weighted by Gasteiger charge is -2.19. The Hall–Kier alpha value is -3.20. The van der Waals surface area contributed by atoms with Crippen molar-refractivity contribution in [3.63, 3.8) is 0 Å². The third-order valence-electron chi connectivity index (χ3n) is 5.36. The van der Waals surface area contributed by atoms with Crippen molar-refractivity contribution in [2.45, 2.75) is 18.9 Å². The molecule has 0 spiro atoms.